The van der Waals surface area contributed by atoms with Crippen molar-refractivity contribution in [3.63, 3.8) is 0 Å². The molecule has 1 aliphatic rings. The fraction of sp³-hybridized carbons (Fsp3) is 0.318. The Morgan fingerprint density at radius 3 is 2.81 bits per heavy atom. The van der Waals surface area contributed by atoms with Gasteiger partial charge in [-0.15, -0.1) is 0 Å². The van der Waals surface area contributed by atoms with E-state index in [2.05, 4.69) is 21.3 Å². The third-order valence-corrected chi connectivity index (χ3v) is 5.20. The van der Waals surface area contributed by atoms with Crippen molar-refractivity contribution in [2.24, 2.45) is 5.92 Å². The largest absolute Gasteiger partial charge is 0.355 e. The molecule has 0 radical (unpaired) electrons. The number of aromatic nitrogens is 2. The number of anilines is 2. The Morgan fingerprint density at radius 2 is 1.96 bits per heavy atom. The van der Waals surface area contributed by atoms with Gasteiger partial charge in [-0.05, 0) is 56.0 Å². The van der Waals surface area contributed by atoms with E-state index in [9.17, 15) is 4.79 Å². The van der Waals surface area contributed by atoms with Gasteiger partial charge in [0.2, 0.25) is 5.91 Å². The predicted molar refractivity (Wildman–Crippen MR) is 109 cm³/mol. The Labute approximate surface area is 159 Å². The van der Waals surface area contributed by atoms with Crippen molar-refractivity contribution in [2.45, 2.75) is 26.7 Å². The van der Waals surface area contributed by atoms with E-state index in [1.165, 1.54) is 0 Å². The van der Waals surface area contributed by atoms with E-state index in [0.29, 0.717) is 6.54 Å². The molecule has 2 heterocycles. The van der Waals surface area contributed by atoms with Crippen molar-refractivity contribution in [3.8, 4) is 0 Å². The molecule has 1 N–H and O–H groups in total. The minimum Gasteiger partial charge on any atom is -0.355 e. The number of fused-ring (bicyclic) bond motifs is 1. The molecule has 0 saturated carbocycles. The standard InChI is InChI=1S/C22H24N4O/c1-15-9-10-16(2)20(12-15)25-22(27)17-6-5-11-26(14-17)21-13-23-18-7-3-4-8-19(18)24-21/h3-4,7-10,12-13,17H,5-6,11,14H2,1-2H3,(H,25,27)/t17-/m1/s1. The Bertz CT molecular complexity index is 985. The lowest BCUT2D eigenvalue weighted by Gasteiger charge is -2.32. The number of nitrogens with zero attached hydrogens (tertiary/aromatic N) is 3. The van der Waals surface area contributed by atoms with Gasteiger partial charge >= 0.3 is 0 Å². The van der Waals surface area contributed by atoms with Gasteiger partial charge in [-0.2, -0.15) is 0 Å². The molecule has 0 spiro atoms. The zero-order chi connectivity index (χ0) is 18.8. The number of piperidine rings is 1. The highest BCUT2D eigenvalue weighted by Crippen LogP contribution is 2.25. The van der Waals surface area contributed by atoms with E-state index in [4.69, 9.17) is 4.98 Å². The fourth-order valence-electron chi connectivity index (χ4n) is 3.60. The molecule has 5 heteroatoms. The molecule has 27 heavy (non-hydrogen) atoms. The topological polar surface area (TPSA) is 58.1 Å². The summed E-state index contributed by atoms with van der Waals surface area (Å²) in [5.74, 6) is 0.881. The lowest BCUT2D eigenvalue weighted by Crippen LogP contribution is -2.41. The summed E-state index contributed by atoms with van der Waals surface area (Å²) < 4.78 is 0. The van der Waals surface area contributed by atoms with Gasteiger partial charge in [0.25, 0.3) is 0 Å². The molecular weight excluding hydrogens is 336 g/mol. The average Bonchev–Trinajstić information content (AvgIpc) is 2.70. The van der Waals surface area contributed by atoms with Crippen LogP contribution in [0.1, 0.15) is 24.0 Å². The molecule has 2 aromatic carbocycles. The van der Waals surface area contributed by atoms with Crippen molar-refractivity contribution in [2.75, 3.05) is 23.3 Å². The Morgan fingerprint density at radius 1 is 1.15 bits per heavy atom. The first-order valence-electron chi connectivity index (χ1n) is 9.45. The summed E-state index contributed by atoms with van der Waals surface area (Å²) in [7, 11) is 0. The van der Waals surface area contributed by atoms with E-state index in [1.807, 2.05) is 56.4 Å². The van der Waals surface area contributed by atoms with Crippen LogP contribution in [0.5, 0.6) is 0 Å². The molecule has 1 saturated heterocycles. The normalized spacial score (nSPS) is 17.1. The molecule has 0 bridgehead atoms. The number of benzene rings is 2. The van der Waals surface area contributed by atoms with Gasteiger partial charge in [-0.25, -0.2) is 4.98 Å². The SMILES string of the molecule is Cc1ccc(C)c(NC(=O)[C@@H]2CCCN(c3cnc4ccccc4n3)C2)c1. The molecule has 138 valence electrons. The van der Waals surface area contributed by atoms with Gasteiger partial charge < -0.3 is 10.2 Å². The van der Waals surface area contributed by atoms with Crippen LogP contribution in [0.4, 0.5) is 11.5 Å². The maximum atomic E-state index is 12.8. The molecule has 5 nitrogen and oxygen atoms in total. The molecule has 4 rings (SSSR count). The molecule has 0 unspecified atom stereocenters. The summed E-state index contributed by atoms with van der Waals surface area (Å²) in [6.45, 7) is 5.63. The highest BCUT2D eigenvalue weighted by molar-refractivity contribution is 5.93. The lowest BCUT2D eigenvalue weighted by atomic mass is 9.96. The van der Waals surface area contributed by atoms with Crippen molar-refractivity contribution in [1.29, 1.82) is 0 Å². The van der Waals surface area contributed by atoms with Gasteiger partial charge in [0, 0.05) is 18.8 Å². The number of amides is 1. The van der Waals surface area contributed by atoms with E-state index < -0.39 is 0 Å². The highest BCUT2D eigenvalue weighted by Gasteiger charge is 2.27. The Hall–Kier alpha value is -2.95. The van der Waals surface area contributed by atoms with E-state index in [-0.39, 0.29) is 11.8 Å². The van der Waals surface area contributed by atoms with Crippen LogP contribution in [0.3, 0.4) is 0 Å². The van der Waals surface area contributed by atoms with Crippen LogP contribution in [-0.2, 0) is 4.79 Å². The first kappa shape index (κ1) is 17.5. The summed E-state index contributed by atoms with van der Waals surface area (Å²) in [5.41, 5.74) is 4.91. The quantitative estimate of drug-likeness (QED) is 0.764. The van der Waals surface area contributed by atoms with Crippen LogP contribution < -0.4 is 10.2 Å². The minimum absolute atomic E-state index is 0.0491. The van der Waals surface area contributed by atoms with Crippen molar-refractivity contribution in [1.82, 2.24) is 9.97 Å². The summed E-state index contributed by atoms with van der Waals surface area (Å²) in [6.07, 6.45) is 3.68. The summed E-state index contributed by atoms with van der Waals surface area (Å²) in [6, 6.07) is 14.0. The first-order chi connectivity index (χ1) is 13.1. The molecule has 1 aromatic heterocycles. The number of rotatable bonds is 3. The van der Waals surface area contributed by atoms with Crippen LogP contribution in [0.2, 0.25) is 0 Å². The van der Waals surface area contributed by atoms with Crippen molar-refractivity contribution in [3.05, 3.63) is 59.8 Å². The van der Waals surface area contributed by atoms with E-state index >= 15 is 0 Å². The predicted octanol–water partition coefficient (Wildman–Crippen LogP) is 4.10. The molecule has 1 aliphatic heterocycles. The second-order valence-electron chi connectivity index (χ2n) is 7.31. The van der Waals surface area contributed by atoms with Gasteiger partial charge in [0.05, 0.1) is 23.1 Å². The van der Waals surface area contributed by atoms with Crippen LogP contribution in [0.15, 0.2) is 48.7 Å². The molecule has 1 fully saturated rings. The van der Waals surface area contributed by atoms with Crippen LogP contribution in [0.25, 0.3) is 11.0 Å². The third-order valence-electron chi connectivity index (χ3n) is 5.20. The maximum absolute atomic E-state index is 12.8. The average molecular weight is 360 g/mol. The number of para-hydroxylation sites is 2. The van der Waals surface area contributed by atoms with Gasteiger partial charge in [-0.1, -0.05) is 24.3 Å². The summed E-state index contributed by atoms with van der Waals surface area (Å²) in [5, 5.41) is 3.12. The van der Waals surface area contributed by atoms with Crippen LogP contribution >= 0.6 is 0 Å². The first-order valence-corrected chi connectivity index (χ1v) is 9.45. The maximum Gasteiger partial charge on any atom is 0.229 e. The molecular formula is C22H24N4O. The smallest absolute Gasteiger partial charge is 0.229 e. The number of carbonyl (C=O) groups is 1. The van der Waals surface area contributed by atoms with Gasteiger partial charge in [0.15, 0.2) is 0 Å². The van der Waals surface area contributed by atoms with Gasteiger partial charge in [0.1, 0.15) is 5.82 Å². The van der Waals surface area contributed by atoms with Crippen LogP contribution in [0, 0.1) is 19.8 Å². The second kappa shape index (κ2) is 7.35. The Kier molecular flexibility index (Phi) is 4.75. The second-order valence-corrected chi connectivity index (χ2v) is 7.31. The molecule has 1 amide bonds. The third kappa shape index (κ3) is 3.77. The highest BCUT2D eigenvalue weighted by atomic mass is 16.1. The Balaban J connectivity index is 1.50. The number of hydrogen-bond donors (Lipinski definition) is 1. The zero-order valence-electron chi connectivity index (χ0n) is 15.8. The minimum atomic E-state index is -0.0491. The number of nitrogens with one attached hydrogen (secondary N) is 1. The van der Waals surface area contributed by atoms with Gasteiger partial charge in [-0.3, -0.25) is 9.78 Å². The van der Waals surface area contributed by atoms with E-state index in [1.54, 1.807) is 0 Å². The number of hydrogen-bond acceptors (Lipinski definition) is 4. The van der Waals surface area contributed by atoms with Crippen LogP contribution in [-0.4, -0.2) is 29.0 Å². The van der Waals surface area contributed by atoms with E-state index in [0.717, 1.165) is 53.1 Å². The van der Waals surface area contributed by atoms with Crippen molar-refractivity contribution >= 4 is 28.4 Å². The fourth-order valence-corrected chi connectivity index (χ4v) is 3.60. The zero-order valence-corrected chi connectivity index (χ0v) is 15.8. The van der Waals surface area contributed by atoms with Crippen molar-refractivity contribution < 1.29 is 4.79 Å². The summed E-state index contributed by atoms with van der Waals surface area (Å²) in [4.78, 5) is 24.3. The number of aryl methyl sites for hydroxylation is 2. The lowest BCUT2D eigenvalue weighted by molar-refractivity contribution is -0.120. The monoisotopic (exact) mass is 360 g/mol. The molecule has 1 atom stereocenters. The molecule has 0 aliphatic carbocycles. The summed E-state index contributed by atoms with van der Waals surface area (Å²) >= 11 is 0. The number of carbonyl (C=O) groups excluding carboxylic acids is 1. The molecule has 3 aromatic rings.